The summed E-state index contributed by atoms with van der Waals surface area (Å²) in [5.41, 5.74) is 0. The lowest BCUT2D eigenvalue weighted by Crippen LogP contribution is -2.46. The number of carbonyl (C=O) groups is 1. The van der Waals surface area contributed by atoms with E-state index >= 15 is 0 Å². The van der Waals surface area contributed by atoms with Crippen LogP contribution in [0, 0.1) is 11.8 Å². The quantitative estimate of drug-likeness (QED) is 0.734. The largest absolute Gasteiger partial charge is 0.481 e. The molecule has 0 saturated carbocycles. The average molecular weight is 292 g/mol. The minimum Gasteiger partial charge on any atom is -0.481 e. The van der Waals surface area contributed by atoms with Gasteiger partial charge in [0.15, 0.2) is 0 Å². The summed E-state index contributed by atoms with van der Waals surface area (Å²) in [5, 5.41) is 8.58. The van der Waals surface area contributed by atoms with Crippen LogP contribution in [0.15, 0.2) is 0 Å². The molecule has 0 spiro atoms. The van der Waals surface area contributed by atoms with Gasteiger partial charge in [-0.25, -0.2) is 4.72 Å². The highest BCUT2D eigenvalue weighted by Gasteiger charge is 2.26. The molecule has 1 aliphatic rings. The summed E-state index contributed by atoms with van der Waals surface area (Å²) in [7, 11) is -3.41. The van der Waals surface area contributed by atoms with Gasteiger partial charge in [0.1, 0.15) is 0 Å². The summed E-state index contributed by atoms with van der Waals surface area (Å²) >= 11 is 0. The van der Waals surface area contributed by atoms with Gasteiger partial charge in [-0.1, -0.05) is 13.8 Å². The molecule has 2 unspecified atom stereocenters. The van der Waals surface area contributed by atoms with Crippen LogP contribution in [0.4, 0.5) is 0 Å². The fourth-order valence-corrected chi connectivity index (χ4v) is 3.67. The highest BCUT2D eigenvalue weighted by molar-refractivity contribution is 7.87. The molecule has 1 rings (SSSR count). The van der Waals surface area contributed by atoms with Crippen molar-refractivity contribution in [2.75, 3.05) is 19.6 Å². The van der Waals surface area contributed by atoms with Crippen LogP contribution in [0.25, 0.3) is 0 Å². The molecule has 19 heavy (non-hydrogen) atoms. The predicted molar refractivity (Wildman–Crippen MR) is 72.9 cm³/mol. The van der Waals surface area contributed by atoms with Crippen LogP contribution in [-0.4, -0.2) is 43.4 Å². The molecule has 112 valence electrons. The summed E-state index contributed by atoms with van der Waals surface area (Å²) in [5.74, 6) is -0.428. The zero-order valence-electron chi connectivity index (χ0n) is 11.6. The van der Waals surface area contributed by atoms with E-state index in [1.165, 1.54) is 4.31 Å². The van der Waals surface area contributed by atoms with Crippen molar-refractivity contribution in [3.63, 3.8) is 0 Å². The topological polar surface area (TPSA) is 86.7 Å². The van der Waals surface area contributed by atoms with Crippen molar-refractivity contribution in [1.82, 2.24) is 9.03 Å². The van der Waals surface area contributed by atoms with Gasteiger partial charge >= 0.3 is 5.97 Å². The number of piperidine rings is 1. The first-order valence-electron chi connectivity index (χ1n) is 6.78. The fourth-order valence-electron chi connectivity index (χ4n) is 2.18. The lowest BCUT2D eigenvalue weighted by atomic mass is 10.0. The van der Waals surface area contributed by atoms with E-state index in [0.717, 1.165) is 12.8 Å². The van der Waals surface area contributed by atoms with Crippen LogP contribution in [0.2, 0.25) is 0 Å². The molecule has 1 heterocycles. The molecule has 2 atom stereocenters. The molecular formula is C12H24N2O4S. The number of nitrogens with one attached hydrogen (secondary N) is 1. The number of rotatable bonds is 7. The van der Waals surface area contributed by atoms with E-state index in [0.29, 0.717) is 32.0 Å². The zero-order chi connectivity index (χ0) is 14.5. The Balaban J connectivity index is 2.39. The van der Waals surface area contributed by atoms with Crippen LogP contribution in [0.3, 0.4) is 0 Å². The fraction of sp³-hybridized carbons (Fsp3) is 0.917. The van der Waals surface area contributed by atoms with Gasteiger partial charge in [-0.15, -0.1) is 0 Å². The highest BCUT2D eigenvalue weighted by Crippen LogP contribution is 2.17. The Morgan fingerprint density at radius 2 is 2.21 bits per heavy atom. The van der Waals surface area contributed by atoms with E-state index < -0.39 is 16.2 Å². The van der Waals surface area contributed by atoms with E-state index in [9.17, 15) is 13.2 Å². The number of hydrogen-bond acceptors (Lipinski definition) is 3. The second kappa shape index (κ2) is 7.21. The lowest BCUT2D eigenvalue weighted by molar-refractivity contribution is -0.137. The maximum absolute atomic E-state index is 12.1. The van der Waals surface area contributed by atoms with Gasteiger partial charge in [0.25, 0.3) is 10.2 Å². The third kappa shape index (κ3) is 5.88. The lowest BCUT2D eigenvalue weighted by Gasteiger charge is -2.30. The van der Waals surface area contributed by atoms with Crippen molar-refractivity contribution in [3.8, 4) is 0 Å². The zero-order valence-corrected chi connectivity index (χ0v) is 12.4. The Labute approximate surface area is 115 Å². The second-order valence-electron chi connectivity index (χ2n) is 5.50. The average Bonchev–Trinajstić information content (AvgIpc) is 2.34. The number of hydrogen-bond donors (Lipinski definition) is 2. The normalized spacial score (nSPS) is 23.2. The predicted octanol–water partition coefficient (Wildman–Crippen LogP) is 1.05. The summed E-state index contributed by atoms with van der Waals surface area (Å²) in [6, 6.07) is 0. The summed E-state index contributed by atoms with van der Waals surface area (Å²) in [6.45, 7) is 5.34. The van der Waals surface area contributed by atoms with E-state index in [2.05, 4.69) is 11.6 Å². The van der Waals surface area contributed by atoms with Crippen LogP contribution in [-0.2, 0) is 15.0 Å². The maximum atomic E-state index is 12.1. The number of aliphatic carboxylic acids is 1. The third-order valence-corrected chi connectivity index (χ3v) is 4.97. The smallest absolute Gasteiger partial charge is 0.303 e. The Kier molecular flexibility index (Phi) is 6.22. The van der Waals surface area contributed by atoms with Gasteiger partial charge in [-0.2, -0.15) is 12.7 Å². The molecule has 0 bridgehead atoms. The van der Waals surface area contributed by atoms with Gasteiger partial charge < -0.3 is 5.11 Å². The molecule has 1 fully saturated rings. The Bertz CT molecular complexity index is 397. The molecule has 6 nitrogen and oxygen atoms in total. The van der Waals surface area contributed by atoms with Crippen molar-refractivity contribution >= 4 is 16.2 Å². The first-order chi connectivity index (χ1) is 8.81. The SMILES string of the molecule is CC(CCC(=O)O)CNS(=O)(=O)N1CCCC(C)C1. The molecule has 2 N–H and O–H groups in total. The van der Waals surface area contributed by atoms with E-state index in [-0.39, 0.29) is 12.3 Å². The van der Waals surface area contributed by atoms with Crippen LogP contribution >= 0.6 is 0 Å². The van der Waals surface area contributed by atoms with Crippen LogP contribution in [0.5, 0.6) is 0 Å². The molecule has 0 aromatic heterocycles. The maximum Gasteiger partial charge on any atom is 0.303 e. The second-order valence-corrected chi connectivity index (χ2v) is 7.25. The first-order valence-corrected chi connectivity index (χ1v) is 8.22. The molecule has 7 heteroatoms. The summed E-state index contributed by atoms with van der Waals surface area (Å²) in [4.78, 5) is 10.4. The first kappa shape index (κ1) is 16.4. The van der Waals surface area contributed by atoms with Crippen LogP contribution in [0.1, 0.15) is 39.5 Å². The van der Waals surface area contributed by atoms with Crippen molar-refractivity contribution in [1.29, 1.82) is 0 Å². The molecule has 0 aromatic rings. The number of carboxylic acid groups (broad SMARTS) is 1. The minimum absolute atomic E-state index is 0.0214. The van der Waals surface area contributed by atoms with Crippen molar-refractivity contribution in [2.24, 2.45) is 11.8 Å². The number of carboxylic acids is 1. The Morgan fingerprint density at radius 1 is 1.53 bits per heavy atom. The van der Waals surface area contributed by atoms with Gasteiger partial charge in [-0.05, 0) is 31.1 Å². The molecule has 0 aromatic carbocycles. The van der Waals surface area contributed by atoms with E-state index in [4.69, 9.17) is 5.11 Å². The molecular weight excluding hydrogens is 268 g/mol. The standard InChI is InChI=1S/C12H24N2O4S/c1-10(5-6-12(15)16)8-13-19(17,18)14-7-3-4-11(2)9-14/h10-11,13H,3-9H2,1-2H3,(H,15,16). The minimum atomic E-state index is -3.41. The Morgan fingerprint density at radius 3 is 2.79 bits per heavy atom. The third-order valence-electron chi connectivity index (χ3n) is 3.42. The molecule has 0 radical (unpaired) electrons. The van der Waals surface area contributed by atoms with Gasteiger partial charge in [0.05, 0.1) is 0 Å². The number of nitrogens with zero attached hydrogens (tertiary/aromatic N) is 1. The highest BCUT2D eigenvalue weighted by atomic mass is 32.2. The van der Waals surface area contributed by atoms with Gasteiger partial charge in [-0.3, -0.25) is 4.79 Å². The monoisotopic (exact) mass is 292 g/mol. The Hall–Kier alpha value is -0.660. The molecule has 1 aliphatic heterocycles. The molecule has 0 aliphatic carbocycles. The van der Waals surface area contributed by atoms with Gasteiger partial charge in [0, 0.05) is 26.1 Å². The van der Waals surface area contributed by atoms with Crippen LogP contribution < -0.4 is 4.72 Å². The molecule has 0 amide bonds. The van der Waals surface area contributed by atoms with Crippen molar-refractivity contribution < 1.29 is 18.3 Å². The van der Waals surface area contributed by atoms with Crippen molar-refractivity contribution in [2.45, 2.75) is 39.5 Å². The van der Waals surface area contributed by atoms with E-state index in [1.807, 2.05) is 6.92 Å². The summed E-state index contributed by atoms with van der Waals surface area (Å²) < 4.78 is 28.2. The van der Waals surface area contributed by atoms with Gasteiger partial charge in [0.2, 0.25) is 0 Å². The van der Waals surface area contributed by atoms with Crippen molar-refractivity contribution in [3.05, 3.63) is 0 Å². The summed E-state index contributed by atoms with van der Waals surface area (Å²) in [6.07, 6.45) is 2.52. The van der Waals surface area contributed by atoms with E-state index in [1.54, 1.807) is 0 Å². The molecule has 1 saturated heterocycles.